The number of likely N-dealkylation sites (tertiary alicyclic amines) is 1. The maximum absolute atomic E-state index is 13.2. The molecule has 46 heavy (non-hydrogen) atoms. The van der Waals surface area contributed by atoms with Gasteiger partial charge in [0, 0.05) is 24.9 Å². The smallest absolute Gasteiger partial charge is 0.348 e. The highest BCUT2D eigenvalue weighted by Gasteiger charge is 2.72. The molecule has 1 saturated heterocycles. The van der Waals surface area contributed by atoms with E-state index in [4.69, 9.17) is 29.2 Å². The van der Waals surface area contributed by atoms with E-state index in [0.29, 0.717) is 24.9 Å². The third kappa shape index (κ3) is 5.40. The van der Waals surface area contributed by atoms with Gasteiger partial charge in [0.1, 0.15) is 5.76 Å². The molecule has 248 valence electrons. The van der Waals surface area contributed by atoms with Crippen molar-refractivity contribution in [3.8, 4) is 11.5 Å². The minimum atomic E-state index is -2.06. The van der Waals surface area contributed by atoms with Crippen molar-refractivity contribution in [3.05, 3.63) is 35.1 Å². The summed E-state index contributed by atoms with van der Waals surface area (Å²) in [6.07, 6.45) is -6.09. The van der Waals surface area contributed by atoms with Gasteiger partial charge in [-0.1, -0.05) is 6.07 Å². The number of hydrogen-bond acceptors (Lipinski definition) is 14. The van der Waals surface area contributed by atoms with Crippen LogP contribution in [-0.4, -0.2) is 111 Å². The van der Waals surface area contributed by atoms with Crippen LogP contribution in [0.15, 0.2) is 24.0 Å². The Morgan fingerprint density at radius 1 is 1.04 bits per heavy atom. The second-order valence-corrected chi connectivity index (χ2v) is 11.8. The largest absolute Gasteiger partial charge is 0.504 e. The maximum Gasteiger partial charge on any atom is 0.348 e. The molecule has 0 aromatic heterocycles. The lowest BCUT2D eigenvalue weighted by Gasteiger charge is -2.61. The van der Waals surface area contributed by atoms with E-state index < -0.39 is 84.1 Å². The average Bonchev–Trinajstić information content (AvgIpc) is 3.32. The number of esters is 4. The van der Waals surface area contributed by atoms with Crippen LogP contribution in [0.1, 0.15) is 50.7 Å². The van der Waals surface area contributed by atoms with Gasteiger partial charge >= 0.3 is 35.8 Å². The van der Waals surface area contributed by atoms with Crippen LogP contribution in [0.4, 0.5) is 0 Å². The fourth-order valence-electron chi connectivity index (χ4n) is 7.01. The SMILES string of the molecule is CC(=O)O[C@@H](CC(=O)OC1=CC[C@@]2(O)[C@@H]3Cc4ccc(O)c5c4[C@@]2(CCN3C)[C@H]1O5)C(=O)O[C@@H](C)C(=O)O[C@@H](CC(=O)O)C(=O)O. The van der Waals surface area contributed by atoms with E-state index in [1.54, 1.807) is 6.07 Å². The molecule has 16 heteroatoms. The van der Waals surface area contributed by atoms with E-state index in [1.807, 2.05) is 7.05 Å². The highest BCUT2D eigenvalue weighted by molar-refractivity contribution is 5.88. The van der Waals surface area contributed by atoms with Gasteiger partial charge in [-0.25, -0.2) is 14.4 Å². The molecule has 1 fully saturated rings. The van der Waals surface area contributed by atoms with Gasteiger partial charge in [-0.05, 0) is 51.1 Å². The second kappa shape index (κ2) is 11.9. The minimum absolute atomic E-state index is 0.0338. The van der Waals surface area contributed by atoms with Crippen LogP contribution in [0.5, 0.6) is 11.5 Å². The summed E-state index contributed by atoms with van der Waals surface area (Å²) in [4.78, 5) is 74.2. The molecule has 2 bridgehead atoms. The maximum atomic E-state index is 13.2. The van der Waals surface area contributed by atoms with Crippen LogP contribution in [0.2, 0.25) is 0 Å². The van der Waals surface area contributed by atoms with Gasteiger partial charge in [-0.2, -0.15) is 0 Å². The number of likely N-dealkylation sites (N-methyl/N-ethyl adjacent to an activating group) is 1. The summed E-state index contributed by atoms with van der Waals surface area (Å²) in [5.41, 5.74) is -0.797. The molecule has 0 unspecified atom stereocenters. The Morgan fingerprint density at radius 2 is 1.76 bits per heavy atom. The number of carboxylic acid groups (broad SMARTS) is 2. The van der Waals surface area contributed by atoms with Gasteiger partial charge in [-0.3, -0.25) is 14.4 Å². The molecule has 5 rings (SSSR count). The summed E-state index contributed by atoms with van der Waals surface area (Å²) in [5, 5.41) is 40.8. The number of carbonyl (C=O) groups excluding carboxylic acids is 4. The van der Waals surface area contributed by atoms with Gasteiger partial charge in [0.05, 0.1) is 23.9 Å². The van der Waals surface area contributed by atoms with E-state index in [1.165, 1.54) is 12.1 Å². The first kappa shape index (κ1) is 32.7. The first-order chi connectivity index (χ1) is 21.6. The number of ether oxygens (including phenoxy) is 5. The number of phenols is 1. The first-order valence-corrected chi connectivity index (χ1v) is 14.5. The van der Waals surface area contributed by atoms with Gasteiger partial charge in [0.25, 0.3) is 0 Å². The number of phenolic OH excluding ortho intramolecular Hbond substituents is 1. The topological polar surface area (TPSA) is 233 Å². The lowest BCUT2D eigenvalue weighted by molar-refractivity contribution is -0.184. The third-order valence-electron chi connectivity index (χ3n) is 9.03. The highest BCUT2D eigenvalue weighted by Crippen LogP contribution is 2.65. The quantitative estimate of drug-likeness (QED) is 0.182. The third-order valence-corrected chi connectivity index (χ3v) is 9.03. The molecule has 1 aromatic carbocycles. The molecular weight excluding hydrogens is 614 g/mol. The number of benzene rings is 1. The molecule has 1 aromatic rings. The number of piperidine rings is 1. The van der Waals surface area contributed by atoms with E-state index in [0.717, 1.165) is 19.4 Å². The van der Waals surface area contributed by atoms with E-state index in [9.17, 15) is 39.0 Å². The number of carboxylic acids is 2. The number of rotatable bonds is 11. The van der Waals surface area contributed by atoms with Crippen molar-refractivity contribution in [2.75, 3.05) is 13.6 Å². The van der Waals surface area contributed by atoms with Gasteiger partial charge in [0.15, 0.2) is 23.7 Å². The van der Waals surface area contributed by atoms with Gasteiger partial charge < -0.3 is 49.0 Å². The number of nitrogens with zero attached hydrogens (tertiary/aromatic N) is 1. The monoisotopic (exact) mass is 647 g/mol. The van der Waals surface area contributed by atoms with E-state index in [2.05, 4.69) is 9.64 Å². The van der Waals surface area contributed by atoms with Crippen molar-refractivity contribution in [2.45, 2.75) is 87.4 Å². The molecule has 2 heterocycles. The standard InChI is InChI=1S/C30H33NO15/c1-13(27(39)45-18(26(37)38)11-21(34)35)42-28(40)19(43-14(2)32)12-22(36)44-17-6-7-30(41)20-10-15-4-5-16(33)24-23(15)29(30,25(17)46-24)8-9-31(20)3/h4-6,13,18-20,25,33,41H,7-12H2,1-3H3,(H,34,35)(H,37,38)/t13-,18-,19-,20-,25-,29-,30+/m0/s1. The molecule has 2 aliphatic carbocycles. The summed E-state index contributed by atoms with van der Waals surface area (Å²) in [7, 11) is 1.92. The van der Waals surface area contributed by atoms with Crippen LogP contribution in [0, 0.1) is 0 Å². The fourth-order valence-corrected chi connectivity index (χ4v) is 7.01. The van der Waals surface area contributed by atoms with Gasteiger partial charge in [-0.15, -0.1) is 0 Å². The molecule has 4 N–H and O–H groups in total. The lowest BCUT2D eigenvalue weighted by atomic mass is 9.50. The summed E-state index contributed by atoms with van der Waals surface area (Å²) >= 11 is 0. The molecule has 0 amide bonds. The first-order valence-electron chi connectivity index (χ1n) is 14.5. The summed E-state index contributed by atoms with van der Waals surface area (Å²) < 4.78 is 26.4. The zero-order valence-electron chi connectivity index (χ0n) is 25.1. The Kier molecular flexibility index (Phi) is 8.46. The van der Waals surface area contributed by atoms with Crippen LogP contribution < -0.4 is 4.74 Å². The lowest BCUT2D eigenvalue weighted by Crippen LogP contribution is -2.74. The van der Waals surface area contributed by atoms with Crippen LogP contribution in [0.3, 0.4) is 0 Å². The van der Waals surface area contributed by atoms with Crippen molar-refractivity contribution in [3.63, 3.8) is 0 Å². The molecule has 0 radical (unpaired) electrons. The molecular formula is C30H33NO15. The Hall–Kier alpha value is -4.70. The van der Waals surface area contributed by atoms with E-state index >= 15 is 0 Å². The molecule has 4 aliphatic rings. The molecule has 7 atom stereocenters. The van der Waals surface area contributed by atoms with Crippen molar-refractivity contribution in [2.24, 2.45) is 0 Å². The Balaban J connectivity index is 1.32. The van der Waals surface area contributed by atoms with Crippen molar-refractivity contribution >= 4 is 35.8 Å². The molecule has 1 spiro atoms. The second-order valence-electron chi connectivity index (χ2n) is 11.8. The van der Waals surface area contributed by atoms with Crippen LogP contribution in [-0.2, 0) is 59.6 Å². The molecule has 2 aliphatic heterocycles. The Bertz CT molecular complexity index is 1540. The zero-order chi connectivity index (χ0) is 33.7. The predicted octanol–water partition coefficient (Wildman–Crippen LogP) is -0.0623. The van der Waals surface area contributed by atoms with Crippen molar-refractivity contribution in [1.29, 1.82) is 0 Å². The number of carbonyl (C=O) groups is 6. The summed E-state index contributed by atoms with van der Waals surface area (Å²) in [6, 6.07) is 3.02. The highest BCUT2D eigenvalue weighted by atomic mass is 16.6. The van der Waals surface area contributed by atoms with Crippen molar-refractivity contribution in [1.82, 2.24) is 4.90 Å². The Labute approximate surface area is 261 Å². The van der Waals surface area contributed by atoms with Crippen LogP contribution in [0.25, 0.3) is 0 Å². The minimum Gasteiger partial charge on any atom is -0.504 e. The number of aliphatic carboxylic acids is 2. The molecule has 0 saturated carbocycles. The normalized spacial score (nSPS) is 27.4. The summed E-state index contributed by atoms with van der Waals surface area (Å²) in [6.45, 7) is 2.56. The predicted molar refractivity (Wildman–Crippen MR) is 148 cm³/mol. The van der Waals surface area contributed by atoms with Crippen molar-refractivity contribution < 1.29 is 72.9 Å². The number of hydrogen-bond donors (Lipinski definition) is 4. The molecule has 16 nitrogen and oxygen atoms in total. The summed E-state index contributed by atoms with van der Waals surface area (Å²) in [5.74, 6) is -7.98. The van der Waals surface area contributed by atoms with Gasteiger partial charge in [0.2, 0.25) is 12.2 Å². The zero-order valence-corrected chi connectivity index (χ0v) is 25.1. The van der Waals surface area contributed by atoms with E-state index in [-0.39, 0.29) is 29.7 Å². The average molecular weight is 648 g/mol. The number of aromatic hydroxyl groups is 1. The number of aliphatic hydroxyl groups is 1. The Morgan fingerprint density at radius 3 is 2.41 bits per heavy atom. The fraction of sp³-hybridized carbons (Fsp3) is 0.533. The van der Waals surface area contributed by atoms with Crippen LogP contribution >= 0.6 is 0 Å².